The van der Waals surface area contributed by atoms with Crippen molar-refractivity contribution in [2.75, 3.05) is 0 Å². The third kappa shape index (κ3) is 1.57. The lowest BCUT2D eigenvalue weighted by atomic mass is 10.1. The Balaban J connectivity index is 3.12. The van der Waals surface area contributed by atoms with Crippen LogP contribution in [0.25, 0.3) is 10.9 Å². The number of hydrogen-bond acceptors (Lipinski definition) is 2. The first kappa shape index (κ1) is 12.2. The number of carboxylic acids is 1. The molecule has 0 saturated carbocycles. The Morgan fingerprint density at radius 3 is 2.61 bits per heavy atom. The number of halogens is 2. The molecule has 0 aliphatic heterocycles. The normalized spacial score (nSPS) is 10.8. The maximum atomic E-state index is 13.9. The summed E-state index contributed by atoms with van der Waals surface area (Å²) < 4.78 is 28.5. The van der Waals surface area contributed by atoms with E-state index in [0.717, 1.165) is 10.6 Å². The first-order chi connectivity index (χ1) is 8.49. The molecule has 18 heavy (non-hydrogen) atoms. The summed E-state index contributed by atoms with van der Waals surface area (Å²) in [7, 11) is 0. The summed E-state index contributed by atoms with van der Waals surface area (Å²) in [4.78, 5) is 22.7. The van der Waals surface area contributed by atoms with Crippen LogP contribution in [0.2, 0.25) is 0 Å². The zero-order valence-electron chi connectivity index (χ0n) is 9.41. The van der Waals surface area contributed by atoms with E-state index in [9.17, 15) is 18.4 Å². The van der Waals surface area contributed by atoms with Crippen LogP contribution in [0, 0.1) is 11.8 Å². The summed E-state index contributed by atoms with van der Waals surface area (Å²) in [5.41, 5.74) is -2.13. The van der Waals surface area contributed by atoms with Gasteiger partial charge < -0.3 is 9.67 Å². The van der Waals surface area contributed by atoms with E-state index in [1.165, 1.54) is 12.1 Å². The van der Waals surface area contributed by atoms with Crippen LogP contribution >= 0.6 is 0 Å². The molecule has 0 aliphatic carbocycles. The molecule has 2 rings (SSSR count). The van der Waals surface area contributed by atoms with Gasteiger partial charge in [0, 0.05) is 6.54 Å². The van der Waals surface area contributed by atoms with Crippen molar-refractivity contribution in [3.63, 3.8) is 0 Å². The minimum absolute atomic E-state index is 0.0463. The zero-order valence-corrected chi connectivity index (χ0v) is 9.41. The third-order valence-corrected chi connectivity index (χ3v) is 2.71. The van der Waals surface area contributed by atoms with Crippen molar-refractivity contribution in [2.24, 2.45) is 0 Å². The van der Waals surface area contributed by atoms with Gasteiger partial charge in [-0.15, -0.1) is 0 Å². The Hall–Kier alpha value is -2.24. The third-order valence-electron chi connectivity index (χ3n) is 2.71. The van der Waals surface area contributed by atoms with Gasteiger partial charge in [0.1, 0.15) is 5.82 Å². The largest absolute Gasteiger partial charge is 0.477 e. The van der Waals surface area contributed by atoms with Crippen LogP contribution in [0.5, 0.6) is 0 Å². The molecular weight excluding hydrogens is 244 g/mol. The van der Waals surface area contributed by atoms with Crippen LogP contribution in [0.4, 0.5) is 8.78 Å². The SMILES string of the molecule is CCn1c(F)c(C(=O)O)c(=O)c2c(F)cccc21. The van der Waals surface area contributed by atoms with Crippen molar-refractivity contribution in [3.8, 4) is 0 Å². The maximum Gasteiger partial charge on any atom is 0.344 e. The molecule has 0 unspecified atom stereocenters. The molecule has 0 atom stereocenters. The Kier molecular flexibility index (Phi) is 2.86. The highest BCUT2D eigenvalue weighted by Gasteiger charge is 2.23. The van der Waals surface area contributed by atoms with Crippen molar-refractivity contribution in [1.29, 1.82) is 0 Å². The van der Waals surface area contributed by atoms with E-state index in [0.29, 0.717) is 0 Å². The van der Waals surface area contributed by atoms with E-state index in [2.05, 4.69) is 0 Å². The molecule has 94 valence electrons. The van der Waals surface area contributed by atoms with Gasteiger partial charge in [-0.2, -0.15) is 4.39 Å². The topological polar surface area (TPSA) is 59.3 Å². The summed E-state index contributed by atoms with van der Waals surface area (Å²) in [5.74, 6) is -3.72. The van der Waals surface area contributed by atoms with Gasteiger partial charge in [0.25, 0.3) is 0 Å². The van der Waals surface area contributed by atoms with Crippen molar-refractivity contribution in [3.05, 3.63) is 45.8 Å². The van der Waals surface area contributed by atoms with Crippen LogP contribution in [-0.4, -0.2) is 15.6 Å². The summed E-state index contributed by atoms with van der Waals surface area (Å²) >= 11 is 0. The van der Waals surface area contributed by atoms with Crippen molar-refractivity contribution in [1.82, 2.24) is 4.57 Å². The second kappa shape index (κ2) is 4.21. The van der Waals surface area contributed by atoms with Gasteiger partial charge in [0.15, 0.2) is 5.56 Å². The summed E-state index contributed by atoms with van der Waals surface area (Å²) in [6.07, 6.45) is 0. The minimum Gasteiger partial charge on any atom is -0.477 e. The Bertz CT molecular complexity index is 707. The van der Waals surface area contributed by atoms with E-state index in [1.54, 1.807) is 6.92 Å². The number of rotatable bonds is 2. The van der Waals surface area contributed by atoms with Gasteiger partial charge >= 0.3 is 5.97 Å². The van der Waals surface area contributed by atoms with Crippen LogP contribution in [-0.2, 0) is 6.54 Å². The number of pyridine rings is 1. The second-order valence-electron chi connectivity index (χ2n) is 3.68. The smallest absolute Gasteiger partial charge is 0.344 e. The van der Waals surface area contributed by atoms with E-state index in [4.69, 9.17) is 5.11 Å². The average Bonchev–Trinajstić information content (AvgIpc) is 2.28. The van der Waals surface area contributed by atoms with Gasteiger partial charge in [-0.1, -0.05) is 6.07 Å². The summed E-state index contributed by atoms with van der Waals surface area (Å²) in [6.45, 7) is 1.66. The molecule has 0 amide bonds. The summed E-state index contributed by atoms with van der Waals surface area (Å²) in [6, 6.07) is 3.74. The lowest BCUT2D eigenvalue weighted by Crippen LogP contribution is -2.24. The molecule has 0 radical (unpaired) electrons. The number of fused-ring (bicyclic) bond motifs is 1. The van der Waals surface area contributed by atoms with Gasteiger partial charge in [-0.3, -0.25) is 4.79 Å². The number of hydrogen-bond donors (Lipinski definition) is 1. The highest BCUT2D eigenvalue weighted by molar-refractivity contribution is 5.93. The fraction of sp³-hybridized carbons (Fsp3) is 0.167. The van der Waals surface area contributed by atoms with E-state index in [-0.39, 0.29) is 12.1 Å². The first-order valence-electron chi connectivity index (χ1n) is 5.22. The number of nitrogens with zero attached hydrogens (tertiary/aromatic N) is 1. The van der Waals surface area contributed by atoms with Crippen molar-refractivity contribution in [2.45, 2.75) is 13.5 Å². The molecule has 1 heterocycles. The predicted octanol–water partition coefficient (Wildman–Crippen LogP) is 2.00. The Labute approximate surface area is 100 Å². The zero-order chi connectivity index (χ0) is 13.4. The number of aromatic nitrogens is 1. The van der Waals surface area contributed by atoms with Crippen LogP contribution in [0.3, 0.4) is 0 Å². The van der Waals surface area contributed by atoms with Gasteiger partial charge in [0.2, 0.25) is 11.4 Å². The molecule has 0 saturated heterocycles. The Morgan fingerprint density at radius 2 is 2.06 bits per heavy atom. The fourth-order valence-electron chi connectivity index (χ4n) is 1.92. The lowest BCUT2D eigenvalue weighted by Gasteiger charge is -2.12. The standard InChI is InChI=1S/C12H9F2NO3/c1-2-15-7-5-3-4-6(13)8(7)10(16)9(11(15)14)12(17)18/h3-5H,2H2,1H3,(H,17,18). The highest BCUT2D eigenvalue weighted by atomic mass is 19.1. The molecule has 1 N–H and O–H groups in total. The lowest BCUT2D eigenvalue weighted by molar-refractivity contribution is 0.0688. The van der Waals surface area contributed by atoms with Gasteiger partial charge in [-0.25, -0.2) is 9.18 Å². The quantitative estimate of drug-likeness (QED) is 0.833. The fourth-order valence-corrected chi connectivity index (χ4v) is 1.92. The van der Waals surface area contributed by atoms with Crippen LogP contribution in [0.1, 0.15) is 17.3 Å². The molecule has 1 aromatic carbocycles. The number of aromatic carboxylic acids is 1. The van der Waals surface area contributed by atoms with E-state index >= 15 is 0 Å². The van der Waals surface area contributed by atoms with Gasteiger partial charge in [-0.05, 0) is 19.1 Å². The molecule has 2 aromatic rings. The van der Waals surface area contributed by atoms with Crippen LogP contribution < -0.4 is 5.43 Å². The molecule has 1 aromatic heterocycles. The number of aryl methyl sites for hydroxylation is 1. The monoisotopic (exact) mass is 253 g/mol. The number of carbonyl (C=O) groups is 1. The van der Waals surface area contributed by atoms with E-state index < -0.39 is 34.1 Å². The molecule has 0 aliphatic rings. The first-order valence-corrected chi connectivity index (χ1v) is 5.22. The van der Waals surface area contributed by atoms with E-state index in [1.807, 2.05) is 0 Å². The van der Waals surface area contributed by atoms with Crippen molar-refractivity contribution < 1.29 is 18.7 Å². The van der Waals surface area contributed by atoms with Crippen LogP contribution in [0.15, 0.2) is 23.0 Å². The van der Waals surface area contributed by atoms with Gasteiger partial charge in [0.05, 0.1) is 10.9 Å². The second-order valence-corrected chi connectivity index (χ2v) is 3.68. The predicted molar refractivity (Wildman–Crippen MR) is 60.8 cm³/mol. The molecule has 6 heteroatoms. The maximum absolute atomic E-state index is 13.9. The number of benzene rings is 1. The molecule has 0 spiro atoms. The number of carboxylic acid groups (broad SMARTS) is 1. The Morgan fingerprint density at radius 1 is 1.39 bits per heavy atom. The molecule has 4 nitrogen and oxygen atoms in total. The molecular formula is C12H9F2NO3. The molecule has 0 bridgehead atoms. The minimum atomic E-state index is -1.70. The highest BCUT2D eigenvalue weighted by Crippen LogP contribution is 2.18. The summed E-state index contributed by atoms with van der Waals surface area (Å²) in [5, 5.41) is 8.44. The molecule has 0 fully saturated rings. The average molecular weight is 253 g/mol. The van der Waals surface area contributed by atoms with Crippen molar-refractivity contribution >= 4 is 16.9 Å².